The Balaban J connectivity index is 1.96. The van der Waals surface area contributed by atoms with E-state index in [-0.39, 0.29) is 5.91 Å². The summed E-state index contributed by atoms with van der Waals surface area (Å²) in [6.07, 6.45) is 3.50. The van der Waals surface area contributed by atoms with E-state index in [1.807, 2.05) is 41.1 Å². The molecule has 0 atom stereocenters. The lowest BCUT2D eigenvalue weighted by Crippen LogP contribution is -2.41. The molecular weight excluding hydrogens is 226 g/mol. The van der Waals surface area contributed by atoms with Crippen molar-refractivity contribution < 1.29 is 4.79 Å². The van der Waals surface area contributed by atoms with Crippen molar-refractivity contribution in [3.8, 4) is 0 Å². The fourth-order valence-corrected chi connectivity index (χ4v) is 2.37. The number of anilines is 2. The van der Waals surface area contributed by atoms with Crippen molar-refractivity contribution in [1.29, 1.82) is 0 Å². The van der Waals surface area contributed by atoms with Crippen LogP contribution in [0.2, 0.25) is 0 Å². The van der Waals surface area contributed by atoms with Crippen LogP contribution in [0.3, 0.4) is 0 Å². The maximum absolute atomic E-state index is 12.1. The Bertz CT molecular complexity index is 413. The number of hydrogen-bond donors (Lipinski definition) is 1. The Kier molecular flexibility index (Phi) is 4.07. The van der Waals surface area contributed by atoms with Crippen molar-refractivity contribution in [2.24, 2.45) is 0 Å². The first-order valence-electron chi connectivity index (χ1n) is 6.52. The summed E-state index contributed by atoms with van der Waals surface area (Å²) in [5, 5.41) is 0. The van der Waals surface area contributed by atoms with E-state index in [0.29, 0.717) is 12.2 Å². The summed E-state index contributed by atoms with van der Waals surface area (Å²) in [4.78, 5) is 16.0. The Morgan fingerprint density at radius 2 is 1.94 bits per heavy atom. The maximum atomic E-state index is 12.1. The maximum Gasteiger partial charge on any atom is 0.242 e. The smallest absolute Gasteiger partial charge is 0.242 e. The molecule has 1 fully saturated rings. The summed E-state index contributed by atoms with van der Waals surface area (Å²) in [6, 6.07) is 7.64. The number of piperidine rings is 1. The van der Waals surface area contributed by atoms with Crippen molar-refractivity contribution in [3.05, 3.63) is 24.3 Å². The molecule has 1 aliphatic heterocycles. The Morgan fingerprint density at radius 3 is 2.61 bits per heavy atom. The van der Waals surface area contributed by atoms with Gasteiger partial charge in [-0.15, -0.1) is 0 Å². The molecular formula is C14H21N3O. The van der Waals surface area contributed by atoms with Gasteiger partial charge in [0.15, 0.2) is 0 Å². The third-order valence-corrected chi connectivity index (χ3v) is 3.43. The molecule has 4 nitrogen and oxygen atoms in total. The van der Waals surface area contributed by atoms with Gasteiger partial charge in [0, 0.05) is 20.1 Å². The van der Waals surface area contributed by atoms with Crippen LogP contribution in [0.5, 0.6) is 0 Å². The second-order valence-electron chi connectivity index (χ2n) is 4.86. The highest BCUT2D eigenvalue weighted by molar-refractivity contribution is 5.83. The average Bonchev–Trinajstić information content (AvgIpc) is 2.40. The van der Waals surface area contributed by atoms with Crippen LogP contribution in [0.4, 0.5) is 11.4 Å². The molecule has 1 heterocycles. The van der Waals surface area contributed by atoms with Crippen molar-refractivity contribution in [3.63, 3.8) is 0 Å². The Labute approximate surface area is 108 Å². The summed E-state index contributed by atoms with van der Waals surface area (Å²) < 4.78 is 0. The number of likely N-dealkylation sites (N-methyl/N-ethyl adjacent to an activating group) is 1. The Hall–Kier alpha value is -1.71. The molecule has 4 heteroatoms. The monoisotopic (exact) mass is 247 g/mol. The fraction of sp³-hybridized carbons (Fsp3) is 0.500. The number of nitrogens with zero attached hydrogens (tertiary/aromatic N) is 2. The van der Waals surface area contributed by atoms with Crippen molar-refractivity contribution in [2.75, 3.05) is 37.3 Å². The average molecular weight is 247 g/mol. The SMILES string of the molecule is CN(CC(=O)N1CCCCC1)c1ccccc1N. The molecule has 0 saturated carbocycles. The molecule has 1 amide bonds. The van der Waals surface area contributed by atoms with Gasteiger partial charge in [-0.1, -0.05) is 12.1 Å². The van der Waals surface area contributed by atoms with E-state index in [4.69, 9.17) is 5.73 Å². The van der Waals surface area contributed by atoms with E-state index in [1.54, 1.807) is 0 Å². The topological polar surface area (TPSA) is 49.6 Å². The lowest BCUT2D eigenvalue weighted by atomic mass is 10.1. The quantitative estimate of drug-likeness (QED) is 0.827. The minimum absolute atomic E-state index is 0.195. The number of rotatable bonds is 3. The third-order valence-electron chi connectivity index (χ3n) is 3.43. The number of benzene rings is 1. The molecule has 0 radical (unpaired) electrons. The second-order valence-corrected chi connectivity index (χ2v) is 4.86. The van der Waals surface area contributed by atoms with Gasteiger partial charge in [0.25, 0.3) is 0 Å². The second kappa shape index (κ2) is 5.76. The van der Waals surface area contributed by atoms with Crippen LogP contribution in [0.1, 0.15) is 19.3 Å². The summed E-state index contributed by atoms with van der Waals surface area (Å²) in [6.45, 7) is 2.20. The molecule has 1 aromatic rings. The van der Waals surface area contributed by atoms with Crippen molar-refractivity contribution in [2.45, 2.75) is 19.3 Å². The number of carbonyl (C=O) groups excluding carboxylic acids is 1. The molecule has 0 aliphatic carbocycles. The number of hydrogen-bond acceptors (Lipinski definition) is 3. The first kappa shape index (κ1) is 12.7. The molecule has 0 aromatic heterocycles. The van der Waals surface area contributed by atoms with Gasteiger partial charge in [0.05, 0.1) is 17.9 Å². The molecule has 0 unspecified atom stereocenters. The van der Waals surface area contributed by atoms with Gasteiger partial charge in [-0.25, -0.2) is 0 Å². The number of nitrogen functional groups attached to an aromatic ring is 1. The van der Waals surface area contributed by atoms with Crippen LogP contribution >= 0.6 is 0 Å². The number of nitrogens with two attached hydrogens (primary N) is 1. The fourth-order valence-electron chi connectivity index (χ4n) is 2.37. The molecule has 18 heavy (non-hydrogen) atoms. The van der Waals surface area contributed by atoms with Gasteiger partial charge in [0.1, 0.15) is 0 Å². The van der Waals surface area contributed by atoms with Gasteiger partial charge >= 0.3 is 0 Å². The zero-order chi connectivity index (χ0) is 13.0. The zero-order valence-electron chi connectivity index (χ0n) is 10.9. The van der Waals surface area contributed by atoms with Crippen molar-refractivity contribution in [1.82, 2.24) is 4.90 Å². The van der Waals surface area contributed by atoms with Crippen LogP contribution in [-0.2, 0) is 4.79 Å². The van der Waals surface area contributed by atoms with Crippen LogP contribution in [0.15, 0.2) is 24.3 Å². The van der Waals surface area contributed by atoms with E-state index in [0.717, 1.165) is 31.6 Å². The van der Waals surface area contributed by atoms with Gasteiger partial charge in [-0.2, -0.15) is 0 Å². The zero-order valence-corrected chi connectivity index (χ0v) is 10.9. The number of carbonyl (C=O) groups is 1. The summed E-state index contributed by atoms with van der Waals surface area (Å²) in [5.41, 5.74) is 7.54. The molecule has 98 valence electrons. The standard InChI is InChI=1S/C14H21N3O/c1-16(13-8-4-3-7-12(13)15)11-14(18)17-9-5-2-6-10-17/h3-4,7-8H,2,5-6,9-11,15H2,1H3. The Morgan fingerprint density at radius 1 is 1.28 bits per heavy atom. The first-order chi connectivity index (χ1) is 8.68. The molecule has 2 N–H and O–H groups in total. The van der Waals surface area contributed by atoms with Crippen LogP contribution in [0.25, 0.3) is 0 Å². The molecule has 2 rings (SSSR count). The van der Waals surface area contributed by atoms with Gasteiger partial charge in [-0.05, 0) is 31.4 Å². The number of para-hydroxylation sites is 2. The normalized spacial score (nSPS) is 15.5. The van der Waals surface area contributed by atoms with E-state index in [2.05, 4.69) is 0 Å². The van der Waals surface area contributed by atoms with Crippen molar-refractivity contribution >= 4 is 17.3 Å². The number of likely N-dealkylation sites (tertiary alicyclic amines) is 1. The highest BCUT2D eigenvalue weighted by Crippen LogP contribution is 2.21. The highest BCUT2D eigenvalue weighted by Gasteiger charge is 2.18. The molecule has 1 aromatic carbocycles. The molecule has 0 spiro atoms. The predicted molar refractivity (Wildman–Crippen MR) is 74.6 cm³/mol. The predicted octanol–water partition coefficient (Wildman–Crippen LogP) is 1.72. The lowest BCUT2D eigenvalue weighted by molar-refractivity contribution is -0.130. The van der Waals surface area contributed by atoms with E-state index in [1.165, 1.54) is 6.42 Å². The van der Waals surface area contributed by atoms with Crippen LogP contribution in [-0.4, -0.2) is 37.5 Å². The first-order valence-corrected chi connectivity index (χ1v) is 6.52. The third kappa shape index (κ3) is 2.94. The lowest BCUT2D eigenvalue weighted by Gasteiger charge is -2.29. The summed E-state index contributed by atoms with van der Waals surface area (Å²) in [5.74, 6) is 0.195. The minimum atomic E-state index is 0.195. The summed E-state index contributed by atoms with van der Waals surface area (Å²) in [7, 11) is 1.91. The molecule has 1 saturated heterocycles. The van der Waals surface area contributed by atoms with Gasteiger partial charge in [-0.3, -0.25) is 4.79 Å². The number of amides is 1. The minimum Gasteiger partial charge on any atom is -0.397 e. The van der Waals surface area contributed by atoms with E-state index < -0.39 is 0 Å². The van der Waals surface area contributed by atoms with Crippen LogP contribution in [0, 0.1) is 0 Å². The van der Waals surface area contributed by atoms with E-state index in [9.17, 15) is 4.79 Å². The summed E-state index contributed by atoms with van der Waals surface area (Å²) >= 11 is 0. The van der Waals surface area contributed by atoms with Gasteiger partial charge < -0.3 is 15.5 Å². The molecule has 1 aliphatic rings. The van der Waals surface area contributed by atoms with Gasteiger partial charge in [0.2, 0.25) is 5.91 Å². The van der Waals surface area contributed by atoms with Crippen LogP contribution < -0.4 is 10.6 Å². The molecule has 0 bridgehead atoms. The van der Waals surface area contributed by atoms with E-state index >= 15 is 0 Å². The largest absolute Gasteiger partial charge is 0.397 e. The highest BCUT2D eigenvalue weighted by atomic mass is 16.2.